The van der Waals surface area contributed by atoms with Gasteiger partial charge in [-0.25, -0.2) is 0 Å². The highest BCUT2D eigenvalue weighted by molar-refractivity contribution is 5.66. The Bertz CT molecular complexity index is 555. The third-order valence-electron chi connectivity index (χ3n) is 3.46. The van der Waals surface area contributed by atoms with Gasteiger partial charge in [-0.15, -0.1) is 0 Å². The van der Waals surface area contributed by atoms with Gasteiger partial charge in [0.05, 0.1) is 18.3 Å². The van der Waals surface area contributed by atoms with Crippen LogP contribution in [0.5, 0.6) is 0 Å². The van der Waals surface area contributed by atoms with Crippen molar-refractivity contribution in [3.63, 3.8) is 0 Å². The van der Waals surface area contributed by atoms with Crippen molar-refractivity contribution in [2.75, 3.05) is 0 Å². The minimum absolute atomic E-state index is 0.0116. The van der Waals surface area contributed by atoms with Crippen LogP contribution >= 0.6 is 0 Å². The van der Waals surface area contributed by atoms with E-state index in [0.29, 0.717) is 6.42 Å². The number of rotatable bonds is 14. The Morgan fingerprint density at radius 1 is 0.852 bits per heavy atom. The maximum atomic E-state index is 10.4. The van der Waals surface area contributed by atoms with E-state index < -0.39 is 24.3 Å². The maximum absolute atomic E-state index is 10.4. The SMILES string of the molecule is CC/C=C\C[C@H](O)/C=C/C=C\C\C=C/C=C/C=C/C(O)C(O)CCC(=O)O. The van der Waals surface area contributed by atoms with Crippen molar-refractivity contribution >= 4 is 5.97 Å². The lowest BCUT2D eigenvalue weighted by molar-refractivity contribution is -0.137. The fourth-order valence-electron chi connectivity index (χ4n) is 1.94. The summed E-state index contributed by atoms with van der Waals surface area (Å²) in [6.45, 7) is 2.05. The molecule has 0 amide bonds. The number of carboxylic acids is 1. The van der Waals surface area contributed by atoms with Gasteiger partial charge in [0.25, 0.3) is 0 Å². The van der Waals surface area contributed by atoms with Crippen molar-refractivity contribution < 1.29 is 25.2 Å². The minimum atomic E-state index is -1.08. The summed E-state index contributed by atoms with van der Waals surface area (Å²) in [5.41, 5.74) is 0. The quantitative estimate of drug-likeness (QED) is 0.275. The number of carbonyl (C=O) groups is 1. The molecule has 0 bridgehead atoms. The first-order chi connectivity index (χ1) is 13.0. The normalized spacial score (nSPS) is 16.6. The molecule has 27 heavy (non-hydrogen) atoms. The van der Waals surface area contributed by atoms with Gasteiger partial charge >= 0.3 is 5.97 Å². The van der Waals surface area contributed by atoms with Crippen LogP contribution < -0.4 is 0 Å². The Labute approximate surface area is 162 Å². The Kier molecular flexibility index (Phi) is 15.8. The van der Waals surface area contributed by atoms with Crippen molar-refractivity contribution in [3.05, 3.63) is 72.9 Å². The summed E-state index contributed by atoms with van der Waals surface area (Å²) in [5, 5.41) is 37.4. The van der Waals surface area contributed by atoms with Crippen LogP contribution in [0.3, 0.4) is 0 Å². The molecule has 0 heterocycles. The van der Waals surface area contributed by atoms with Gasteiger partial charge in [-0.3, -0.25) is 4.79 Å². The molecule has 3 atom stereocenters. The Morgan fingerprint density at radius 3 is 2.15 bits per heavy atom. The molecular weight excluding hydrogens is 344 g/mol. The van der Waals surface area contributed by atoms with E-state index in [1.807, 2.05) is 42.5 Å². The fourth-order valence-corrected chi connectivity index (χ4v) is 1.94. The van der Waals surface area contributed by atoms with Gasteiger partial charge in [0.1, 0.15) is 0 Å². The topological polar surface area (TPSA) is 98.0 Å². The molecule has 0 rings (SSSR count). The van der Waals surface area contributed by atoms with Crippen LogP contribution in [0.1, 0.15) is 39.0 Å². The monoisotopic (exact) mass is 376 g/mol. The summed E-state index contributed by atoms with van der Waals surface area (Å²) in [6.07, 6.45) is 21.3. The van der Waals surface area contributed by atoms with E-state index in [-0.39, 0.29) is 12.8 Å². The predicted molar refractivity (Wildman–Crippen MR) is 109 cm³/mol. The van der Waals surface area contributed by atoms with Gasteiger partial charge in [0.2, 0.25) is 0 Å². The fraction of sp³-hybridized carbons (Fsp3) is 0.409. The number of aliphatic carboxylic acids is 1. The van der Waals surface area contributed by atoms with Crippen LogP contribution in [0.15, 0.2) is 72.9 Å². The second-order valence-corrected chi connectivity index (χ2v) is 5.92. The zero-order valence-electron chi connectivity index (χ0n) is 15.9. The number of aliphatic hydroxyl groups is 3. The van der Waals surface area contributed by atoms with Crippen molar-refractivity contribution in [1.29, 1.82) is 0 Å². The first-order valence-corrected chi connectivity index (χ1v) is 9.21. The molecule has 0 aliphatic carbocycles. The van der Waals surface area contributed by atoms with Gasteiger partial charge in [-0.05, 0) is 25.7 Å². The molecule has 5 heteroatoms. The summed E-state index contributed by atoms with van der Waals surface area (Å²) >= 11 is 0. The van der Waals surface area contributed by atoms with Gasteiger partial charge in [-0.1, -0.05) is 79.8 Å². The molecule has 150 valence electrons. The van der Waals surface area contributed by atoms with Gasteiger partial charge in [0.15, 0.2) is 0 Å². The lowest BCUT2D eigenvalue weighted by Crippen LogP contribution is -2.24. The van der Waals surface area contributed by atoms with Crippen molar-refractivity contribution in [3.8, 4) is 0 Å². The lowest BCUT2D eigenvalue weighted by Gasteiger charge is -2.12. The summed E-state index contributed by atoms with van der Waals surface area (Å²) in [4.78, 5) is 10.4. The number of hydrogen-bond donors (Lipinski definition) is 4. The largest absolute Gasteiger partial charge is 0.481 e. The Hall–Kier alpha value is -2.21. The van der Waals surface area contributed by atoms with E-state index in [1.165, 1.54) is 6.08 Å². The highest BCUT2D eigenvalue weighted by Crippen LogP contribution is 2.04. The average Bonchev–Trinajstić information content (AvgIpc) is 2.64. The van der Waals surface area contributed by atoms with E-state index in [0.717, 1.165) is 12.8 Å². The standard InChI is InChI=1S/C22H32O5/c1-2-3-11-14-19(23)15-12-9-7-5-4-6-8-10-13-16-20(24)21(25)17-18-22(26)27/h3-4,6-13,15-16,19-21,23-25H,2,5,14,17-18H2,1H3,(H,26,27)/b6-4-,9-7-,10-8+,11-3-,15-12+,16-13+/t19-,20?,21?/m0/s1. The first kappa shape index (κ1) is 24.8. The van der Waals surface area contributed by atoms with Crippen molar-refractivity contribution in [2.24, 2.45) is 0 Å². The van der Waals surface area contributed by atoms with E-state index in [9.17, 15) is 20.1 Å². The van der Waals surface area contributed by atoms with E-state index in [2.05, 4.69) is 6.92 Å². The zero-order valence-corrected chi connectivity index (χ0v) is 15.9. The molecule has 0 fully saturated rings. The van der Waals surface area contributed by atoms with Crippen LogP contribution in [0.4, 0.5) is 0 Å². The van der Waals surface area contributed by atoms with Gasteiger partial charge < -0.3 is 20.4 Å². The highest BCUT2D eigenvalue weighted by atomic mass is 16.4. The van der Waals surface area contributed by atoms with Crippen molar-refractivity contribution in [1.82, 2.24) is 0 Å². The van der Waals surface area contributed by atoms with Crippen LogP contribution in [-0.4, -0.2) is 44.7 Å². The second-order valence-electron chi connectivity index (χ2n) is 5.92. The van der Waals surface area contributed by atoms with Crippen LogP contribution in [0.25, 0.3) is 0 Å². The predicted octanol–water partition coefficient (Wildman–Crippen LogP) is 3.46. The Balaban J connectivity index is 3.98. The molecule has 0 aromatic rings. The first-order valence-electron chi connectivity index (χ1n) is 9.21. The molecule has 0 aromatic carbocycles. The molecule has 0 radical (unpaired) electrons. The molecule has 2 unspecified atom stereocenters. The molecule has 0 aromatic heterocycles. The molecule has 4 N–H and O–H groups in total. The molecule has 0 spiro atoms. The average molecular weight is 376 g/mol. The molecule has 0 saturated carbocycles. The van der Waals surface area contributed by atoms with Crippen molar-refractivity contribution in [2.45, 2.75) is 57.3 Å². The summed E-state index contributed by atoms with van der Waals surface area (Å²) in [6, 6.07) is 0. The van der Waals surface area contributed by atoms with Crippen LogP contribution in [0, 0.1) is 0 Å². The second kappa shape index (κ2) is 17.2. The zero-order chi connectivity index (χ0) is 20.3. The maximum Gasteiger partial charge on any atom is 0.303 e. The third kappa shape index (κ3) is 17.0. The number of aliphatic hydroxyl groups excluding tert-OH is 3. The Morgan fingerprint density at radius 2 is 1.48 bits per heavy atom. The summed E-state index contributed by atoms with van der Waals surface area (Å²) in [7, 11) is 0. The van der Waals surface area contributed by atoms with Crippen LogP contribution in [-0.2, 0) is 4.79 Å². The highest BCUT2D eigenvalue weighted by Gasteiger charge is 2.13. The third-order valence-corrected chi connectivity index (χ3v) is 3.46. The van der Waals surface area contributed by atoms with E-state index in [1.54, 1.807) is 24.3 Å². The van der Waals surface area contributed by atoms with E-state index in [4.69, 9.17) is 5.11 Å². The smallest absolute Gasteiger partial charge is 0.303 e. The van der Waals surface area contributed by atoms with Crippen LogP contribution in [0.2, 0.25) is 0 Å². The molecule has 0 aliphatic rings. The molecule has 5 nitrogen and oxygen atoms in total. The summed E-state index contributed by atoms with van der Waals surface area (Å²) in [5.74, 6) is -1.000. The van der Waals surface area contributed by atoms with E-state index >= 15 is 0 Å². The minimum Gasteiger partial charge on any atom is -0.481 e. The lowest BCUT2D eigenvalue weighted by atomic mass is 10.1. The molecule has 0 aliphatic heterocycles. The van der Waals surface area contributed by atoms with Gasteiger partial charge in [-0.2, -0.15) is 0 Å². The summed E-state index contributed by atoms with van der Waals surface area (Å²) < 4.78 is 0. The number of allylic oxidation sites excluding steroid dienone is 9. The van der Waals surface area contributed by atoms with Gasteiger partial charge in [0, 0.05) is 6.42 Å². The number of hydrogen-bond acceptors (Lipinski definition) is 4. The molecular formula is C22H32O5. The molecule has 0 saturated heterocycles. The number of carboxylic acid groups (broad SMARTS) is 1.